The average molecular weight is 531 g/mol. The number of ether oxygens (including phenoxy) is 2. The van der Waals surface area contributed by atoms with Gasteiger partial charge in [0.25, 0.3) is 0 Å². The van der Waals surface area contributed by atoms with Gasteiger partial charge in [-0.2, -0.15) is 5.26 Å². The summed E-state index contributed by atoms with van der Waals surface area (Å²) in [5, 5.41) is 11.2. The normalized spacial score (nSPS) is 13.7. The lowest BCUT2D eigenvalue weighted by molar-refractivity contribution is 0.395. The highest BCUT2D eigenvalue weighted by Gasteiger charge is 2.35. The number of nitrogens with zero attached hydrogens (tertiary/aromatic N) is 2. The maximum atomic E-state index is 13.2. The first-order valence-corrected chi connectivity index (χ1v) is 13.0. The molecule has 1 aliphatic heterocycles. The first-order chi connectivity index (χ1) is 18.4. The van der Waals surface area contributed by atoms with Gasteiger partial charge in [0.15, 0.2) is 0 Å². The maximum absolute atomic E-state index is 13.2. The molecule has 5 rings (SSSR count). The highest BCUT2D eigenvalue weighted by molar-refractivity contribution is 6.33. The Kier molecular flexibility index (Phi) is 9.33. The highest BCUT2D eigenvalue weighted by Crippen LogP contribution is 2.46. The zero-order valence-electron chi connectivity index (χ0n) is 22.7. The van der Waals surface area contributed by atoms with Gasteiger partial charge in [-0.05, 0) is 49.7 Å². The number of hydrogen-bond donors (Lipinski definition) is 0. The van der Waals surface area contributed by atoms with Crippen LogP contribution in [0.3, 0.4) is 0 Å². The predicted octanol–water partition coefficient (Wildman–Crippen LogP) is 8.20. The van der Waals surface area contributed by atoms with Gasteiger partial charge >= 0.3 is 5.63 Å². The van der Waals surface area contributed by atoms with E-state index in [-0.39, 0.29) is 5.56 Å². The fourth-order valence-electron chi connectivity index (χ4n) is 4.37. The Morgan fingerprint density at radius 1 is 1.03 bits per heavy atom. The number of rotatable bonds is 3. The highest BCUT2D eigenvalue weighted by atomic mass is 35.5. The van der Waals surface area contributed by atoms with E-state index >= 15 is 0 Å². The van der Waals surface area contributed by atoms with Crippen LogP contribution in [0.2, 0.25) is 5.02 Å². The second-order valence-electron chi connectivity index (χ2n) is 8.01. The van der Waals surface area contributed by atoms with E-state index in [1.54, 1.807) is 44.5 Å². The van der Waals surface area contributed by atoms with Crippen LogP contribution in [0.4, 0.5) is 0 Å². The second-order valence-corrected chi connectivity index (χ2v) is 8.42. The Hall–Kier alpha value is -4.08. The van der Waals surface area contributed by atoms with Crippen LogP contribution in [0.25, 0.3) is 22.1 Å². The third-order valence-electron chi connectivity index (χ3n) is 5.97. The summed E-state index contributed by atoms with van der Waals surface area (Å²) in [5.41, 5.74) is 3.36. The van der Waals surface area contributed by atoms with E-state index in [4.69, 9.17) is 25.5 Å². The number of benzene rings is 2. The monoisotopic (exact) mass is 530 g/mol. The van der Waals surface area contributed by atoms with E-state index in [9.17, 15) is 10.1 Å². The van der Waals surface area contributed by atoms with Crippen molar-refractivity contribution in [1.29, 1.82) is 5.26 Å². The van der Waals surface area contributed by atoms with Crippen LogP contribution in [0.5, 0.6) is 11.5 Å². The number of para-hydroxylation sites is 1. The molecule has 0 saturated carbocycles. The van der Waals surface area contributed by atoms with Crippen molar-refractivity contribution >= 4 is 22.6 Å². The largest absolute Gasteiger partial charge is 0.496 e. The molecule has 4 aromatic rings. The molecule has 2 aromatic carbocycles. The summed E-state index contributed by atoms with van der Waals surface area (Å²) in [6.45, 7) is 11.6. The molecule has 0 bridgehead atoms. The van der Waals surface area contributed by atoms with Gasteiger partial charge in [0.2, 0.25) is 0 Å². The third kappa shape index (κ3) is 5.16. The molecule has 0 saturated heterocycles. The van der Waals surface area contributed by atoms with Crippen LogP contribution < -0.4 is 15.1 Å². The first kappa shape index (κ1) is 28.5. The van der Waals surface area contributed by atoms with E-state index in [0.29, 0.717) is 55.5 Å². The number of aryl methyl sites for hydroxylation is 1. The summed E-state index contributed by atoms with van der Waals surface area (Å²) < 4.78 is 17.2. The minimum atomic E-state index is -0.684. The Morgan fingerprint density at radius 3 is 2.39 bits per heavy atom. The van der Waals surface area contributed by atoms with Gasteiger partial charge in [-0.15, -0.1) is 0 Å². The molecule has 0 N–H and O–H groups in total. The average Bonchev–Trinajstić information content (AvgIpc) is 2.94. The smallest absolute Gasteiger partial charge is 0.344 e. The zero-order valence-corrected chi connectivity index (χ0v) is 23.4. The molecule has 1 unspecified atom stereocenters. The van der Waals surface area contributed by atoms with Crippen molar-refractivity contribution in [1.82, 2.24) is 4.98 Å². The maximum Gasteiger partial charge on any atom is 0.344 e. The molecule has 1 aliphatic rings. The van der Waals surface area contributed by atoms with E-state index in [2.05, 4.69) is 11.1 Å². The minimum Gasteiger partial charge on any atom is -0.496 e. The molecule has 1 atom stereocenters. The molecule has 3 heterocycles. The van der Waals surface area contributed by atoms with Gasteiger partial charge in [-0.1, -0.05) is 57.5 Å². The fourth-order valence-corrected chi connectivity index (χ4v) is 4.68. The number of pyridine rings is 1. The molecule has 0 fully saturated rings. The molecule has 0 spiro atoms. The topological polar surface area (TPSA) is 85.4 Å². The Bertz CT molecular complexity index is 1600. The number of aromatic nitrogens is 1. The number of allylic oxidation sites excluding steroid dienone is 2. The van der Waals surface area contributed by atoms with Crippen molar-refractivity contribution in [2.75, 3.05) is 7.11 Å². The van der Waals surface area contributed by atoms with E-state index in [1.807, 2.05) is 58.9 Å². The molecule has 0 radical (unpaired) electrons. The molecule has 2 aromatic heterocycles. The van der Waals surface area contributed by atoms with Gasteiger partial charge in [0, 0.05) is 23.0 Å². The third-order valence-corrected chi connectivity index (χ3v) is 6.28. The Balaban J connectivity index is 0.000000956. The fraction of sp³-hybridized carbons (Fsp3) is 0.258. The summed E-state index contributed by atoms with van der Waals surface area (Å²) in [5.74, 6) is 0.744. The molecule has 6 nitrogen and oxygen atoms in total. The number of fused-ring (bicyclic) bond motifs is 3. The summed E-state index contributed by atoms with van der Waals surface area (Å²) in [6.07, 6.45) is 1.69. The van der Waals surface area contributed by atoms with E-state index in [0.717, 1.165) is 5.69 Å². The van der Waals surface area contributed by atoms with Crippen molar-refractivity contribution < 1.29 is 13.9 Å². The van der Waals surface area contributed by atoms with Crippen LogP contribution >= 0.6 is 11.6 Å². The van der Waals surface area contributed by atoms with Crippen molar-refractivity contribution in [3.05, 3.63) is 98.3 Å². The molecule has 7 heteroatoms. The van der Waals surface area contributed by atoms with Crippen molar-refractivity contribution in [2.24, 2.45) is 0 Å². The van der Waals surface area contributed by atoms with Crippen LogP contribution in [0, 0.1) is 18.3 Å². The number of halogens is 1. The summed E-state index contributed by atoms with van der Waals surface area (Å²) in [4.78, 5) is 17.5. The van der Waals surface area contributed by atoms with Crippen LogP contribution in [0.1, 0.15) is 57.4 Å². The lowest BCUT2D eigenvalue weighted by Crippen LogP contribution is -2.22. The van der Waals surface area contributed by atoms with Crippen LogP contribution in [-0.4, -0.2) is 12.1 Å². The molecule has 38 heavy (non-hydrogen) atoms. The minimum absolute atomic E-state index is 0.282. The van der Waals surface area contributed by atoms with Gasteiger partial charge < -0.3 is 13.9 Å². The molecular weight excluding hydrogens is 500 g/mol. The van der Waals surface area contributed by atoms with Crippen molar-refractivity contribution in [3.63, 3.8) is 0 Å². The summed E-state index contributed by atoms with van der Waals surface area (Å²) in [6, 6.07) is 16.7. The molecule has 0 amide bonds. The Morgan fingerprint density at radius 2 is 1.74 bits per heavy atom. The quantitative estimate of drug-likeness (QED) is 0.248. The summed E-state index contributed by atoms with van der Waals surface area (Å²) in [7, 11) is 1.57. The lowest BCUT2D eigenvalue weighted by atomic mass is 9.82. The second kappa shape index (κ2) is 12.4. The number of methoxy groups -OCH3 is 1. The molecule has 0 aliphatic carbocycles. The zero-order chi connectivity index (χ0) is 28.0. The van der Waals surface area contributed by atoms with Crippen LogP contribution in [-0.2, 0) is 0 Å². The molecule has 196 valence electrons. The SMILES string of the molecule is CC.CC.COc1ccc(C2C(C#N)=C(C)Oc3c2c(=O)oc2ccccc32)cc1-c1cnc(C)cc1Cl. The standard InChI is InChI=1S/C27H19ClN2O4.2C2H6/c1-14-10-21(28)20(13-30-14)18-11-16(8-9-22(18)32-3)24-19(12-29)15(2)33-26-17-6-4-5-7-23(17)34-27(31)25(24)26;2*1-2/h4-11,13,24H,1-3H3;2*1-2H3. The lowest BCUT2D eigenvalue weighted by Gasteiger charge is -2.27. The number of hydrogen-bond acceptors (Lipinski definition) is 6. The first-order valence-electron chi connectivity index (χ1n) is 12.6. The van der Waals surface area contributed by atoms with Gasteiger partial charge in [-0.3, -0.25) is 4.98 Å². The van der Waals surface area contributed by atoms with Crippen molar-refractivity contribution in [2.45, 2.75) is 47.5 Å². The van der Waals surface area contributed by atoms with Crippen molar-refractivity contribution in [3.8, 4) is 28.7 Å². The number of nitriles is 1. The van der Waals surface area contributed by atoms with Gasteiger partial charge in [-0.25, -0.2) is 4.79 Å². The van der Waals surface area contributed by atoms with E-state index < -0.39 is 11.5 Å². The Labute approximate surface area is 228 Å². The summed E-state index contributed by atoms with van der Waals surface area (Å²) >= 11 is 6.54. The van der Waals surface area contributed by atoms with Gasteiger partial charge in [0.05, 0.1) is 40.6 Å². The molecular formula is C31H31ClN2O4. The van der Waals surface area contributed by atoms with Crippen LogP contribution in [0.15, 0.2) is 75.3 Å². The van der Waals surface area contributed by atoms with E-state index in [1.165, 1.54) is 0 Å². The predicted molar refractivity (Wildman–Crippen MR) is 152 cm³/mol. The van der Waals surface area contributed by atoms with Gasteiger partial charge in [0.1, 0.15) is 22.8 Å².